The minimum Gasteiger partial charge on any atom is -0.349 e. The van der Waals surface area contributed by atoms with Gasteiger partial charge < -0.3 is 5.32 Å². The van der Waals surface area contributed by atoms with Crippen molar-refractivity contribution in [2.45, 2.75) is 32.2 Å². The smallest absolute Gasteiger partial charge is 0.284 e. The molecular formula is C13H15BrN2O3. The highest BCUT2D eigenvalue weighted by molar-refractivity contribution is 9.10. The summed E-state index contributed by atoms with van der Waals surface area (Å²) in [7, 11) is 0. The third-order valence-corrected chi connectivity index (χ3v) is 4.29. The minimum absolute atomic E-state index is 0.0936. The predicted octanol–water partition coefficient (Wildman–Crippen LogP) is 3.28. The van der Waals surface area contributed by atoms with Crippen LogP contribution in [0.4, 0.5) is 5.69 Å². The largest absolute Gasteiger partial charge is 0.349 e. The SMILES string of the molecule is CC(NC(=O)c1ccc(Br)c([N+](=O)[O-])c1)C1CCC1. The van der Waals surface area contributed by atoms with Crippen LogP contribution in [-0.2, 0) is 0 Å². The van der Waals surface area contributed by atoms with Crippen molar-refractivity contribution in [3.63, 3.8) is 0 Å². The van der Waals surface area contributed by atoms with Gasteiger partial charge in [-0.3, -0.25) is 14.9 Å². The van der Waals surface area contributed by atoms with Crippen LogP contribution in [0, 0.1) is 16.0 Å². The summed E-state index contributed by atoms with van der Waals surface area (Å²) in [4.78, 5) is 22.4. The van der Waals surface area contributed by atoms with Crippen LogP contribution in [0.5, 0.6) is 0 Å². The fourth-order valence-corrected chi connectivity index (χ4v) is 2.53. The zero-order valence-corrected chi connectivity index (χ0v) is 12.1. The van der Waals surface area contributed by atoms with Crippen molar-refractivity contribution >= 4 is 27.5 Å². The number of nitro groups is 1. The molecule has 0 spiro atoms. The van der Waals surface area contributed by atoms with E-state index in [1.165, 1.54) is 18.6 Å². The number of hydrogen-bond donors (Lipinski definition) is 1. The molecule has 1 atom stereocenters. The summed E-state index contributed by atoms with van der Waals surface area (Å²) in [6.07, 6.45) is 3.50. The van der Waals surface area contributed by atoms with E-state index < -0.39 is 4.92 Å². The molecule has 0 radical (unpaired) electrons. The number of carbonyl (C=O) groups is 1. The van der Waals surface area contributed by atoms with E-state index in [9.17, 15) is 14.9 Å². The van der Waals surface area contributed by atoms with Gasteiger partial charge in [0.15, 0.2) is 0 Å². The molecular weight excluding hydrogens is 312 g/mol. The third-order valence-electron chi connectivity index (χ3n) is 3.62. The lowest BCUT2D eigenvalue weighted by molar-refractivity contribution is -0.385. The van der Waals surface area contributed by atoms with Gasteiger partial charge in [-0.15, -0.1) is 0 Å². The van der Waals surface area contributed by atoms with E-state index in [0.717, 1.165) is 12.8 Å². The van der Waals surface area contributed by atoms with Gasteiger partial charge in [0.25, 0.3) is 11.6 Å². The van der Waals surface area contributed by atoms with Crippen molar-refractivity contribution in [1.82, 2.24) is 5.32 Å². The van der Waals surface area contributed by atoms with Gasteiger partial charge in [-0.1, -0.05) is 6.42 Å². The van der Waals surface area contributed by atoms with Gasteiger partial charge in [0.2, 0.25) is 0 Å². The number of benzene rings is 1. The van der Waals surface area contributed by atoms with Crippen LogP contribution in [0.1, 0.15) is 36.5 Å². The van der Waals surface area contributed by atoms with Gasteiger partial charge in [0.05, 0.1) is 9.40 Å². The van der Waals surface area contributed by atoms with Crippen molar-refractivity contribution in [3.8, 4) is 0 Å². The van der Waals surface area contributed by atoms with Crippen LogP contribution in [-0.4, -0.2) is 16.9 Å². The van der Waals surface area contributed by atoms with E-state index in [-0.39, 0.29) is 17.6 Å². The van der Waals surface area contributed by atoms with Gasteiger partial charge in [-0.25, -0.2) is 0 Å². The second-order valence-electron chi connectivity index (χ2n) is 4.88. The Kier molecular flexibility index (Phi) is 4.19. The molecule has 6 heteroatoms. The number of rotatable bonds is 4. The molecule has 1 saturated carbocycles. The lowest BCUT2D eigenvalue weighted by atomic mass is 9.80. The quantitative estimate of drug-likeness (QED) is 0.681. The van der Waals surface area contributed by atoms with Crippen LogP contribution >= 0.6 is 15.9 Å². The fraction of sp³-hybridized carbons (Fsp3) is 0.462. The zero-order valence-electron chi connectivity index (χ0n) is 10.6. The third kappa shape index (κ3) is 3.12. The summed E-state index contributed by atoms with van der Waals surface area (Å²) < 4.78 is 0.376. The zero-order chi connectivity index (χ0) is 14.0. The van der Waals surface area contributed by atoms with Crippen LogP contribution in [0.3, 0.4) is 0 Å². The molecule has 2 rings (SSSR count). The first-order chi connectivity index (χ1) is 8.99. The molecule has 19 heavy (non-hydrogen) atoms. The fourth-order valence-electron chi connectivity index (χ4n) is 2.14. The first-order valence-electron chi connectivity index (χ1n) is 6.24. The topological polar surface area (TPSA) is 72.2 Å². The summed E-state index contributed by atoms with van der Waals surface area (Å²) in [5, 5.41) is 13.7. The minimum atomic E-state index is -0.504. The van der Waals surface area contributed by atoms with Crippen molar-refractivity contribution < 1.29 is 9.72 Å². The Labute approximate surface area is 119 Å². The standard InChI is InChI=1S/C13H15BrN2O3/c1-8(9-3-2-4-9)15-13(17)10-5-6-11(14)12(7-10)16(18)19/h5-9H,2-4H2,1H3,(H,15,17). The molecule has 0 heterocycles. The second kappa shape index (κ2) is 5.69. The summed E-state index contributed by atoms with van der Waals surface area (Å²) in [6.45, 7) is 1.98. The van der Waals surface area contributed by atoms with Crippen molar-refractivity contribution in [2.24, 2.45) is 5.92 Å². The summed E-state index contributed by atoms with van der Waals surface area (Å²) in [5.41, 5.74) is 0.227. The highest BCUT2D eigenvalue weighted by Gasteiger charge is 2.25. The normalized spacial score (nSPS) is 16.5. The molecule has 1 fully saturated rings. The Bertz CT molecular complexity index is 515. The first kappa shape index (κ1) is 14.0. The lowest BCUT2D eigenvalue weighted by Gasteiger charge is -2.31. The molecule has 1 amide bonds. The molecule has 1 aromatic rings. The maximum atomic E-state index is 12.0. The molecule has 1 unspecified atom stereocenters. The van der Waals surface area contributed by atoms with Crippen LogP contribution in [0.15, 0.2) is 22.7 Å². The Morgan fingerprint density at radius 3 is 2.74 bits per heavy atom. The van der Waals surface area contributed by atoms with Crippen molar-refractivity contribution in [1.29, 1.82) is 0 Å². The number of nitrogens with one attached hydrogen (secondary N) is 1. The summed E-state index contributed by atoms with van der Waals surface area (Å²) in [5.74, 6) is 0.282. The highest BCUT2D eigenvalue weighted by atomic mass is 79.9. The maximum Gasteiger partial charge on any atom is 0.284 e. The van der Waals surface area contributed by atoms with Crippen LogP contribution < -0.4 is 5.32 Å². The Balaban J connectivity index is 2.10. The molecule has 0 aromatic heterocycles. The second-order valence-corrected chi connectivity index (χ2v) is 5.73. The molecule has 0 bridgehead atoms. The molecule has 1 aliphatic carbocycles. The molecule has 0 saturated heterocycles. The number of carbonyl (C=O) groups excluding carboxylic acids is 1. The first-order valence-corrected chi connectivity index (χ1v) is 7.03. The molecule has 0 aliphatic heterocycles. The summed E-state index contributed by atoms with van der Waals surface area (Å²) in [6, 6.07) is 4.53. The van der Waals surface area contributed by atoms with Gasteiger partial charge in [0, 0.05) is 17.7 Å². The van der Waals surface area contributed by atoms with E-state index in [0.29, 0.717) is 16.0 Å². The number of hydrogen-bond acceptors (Lipinski definition) is 3. The number of nitrogens with zero attached hydrogens (tertiary/aromatic N) is 1. The van der Waals surface area contributed by atoms with Gasteiger partial charge in [0.1, 0.15) is 0 Å². The average Bonchev–Trinajstić information content (AvgIpc) is 2.26. The molecule has 1 aromatic carbocycles. The van der Waals surface area contributed by atoms with E-state index in [1.54, 1.807) is 6.07 Å². The van der Waals surface area contributed by atoms with Gasteiger partial charge in [-0.05, 0) is 53.7 Å². The maximum absolute atomic E-state index is 12.0. The van der Waals surface area contributed by atoms with Crippen molar-refractivity contribution in [3.05, 3.63) is 38.3 Å². The number of halogens is 1. The summed E-state index contributed by atoms with van der Waals surface area (Å²) >= 11 is 3.10. The van der Waals surface area contributed by atoms with E-state index >= 15 is 0 Å². The monoisotopic (exact) mass is 326 g/mol. The Hall–Kier alpha value is -1.43. The van der Waals surface area contributed by atoms with E-state index in [4.69, 9.17) is 0 Å². The Morgan fingerprint density at radius 2 is 2.21 bits per heavy atom. The van der Waals surface area contributed by atoms with E-state index in [2.05, 4.69) is 21.2 Å². The predicted molar refractivity (Wildman–Crippen MR) is 75.1 cm³/mol. The molecule has 1 N–H and O–H groups in total. The Morgan fingerprint density at radius 1 is 1.53 bits per heavy atom. The molecule has 1 aliphatic rings. The van der Waals surface area contributed by atoms with Gasteiger partial charge in [-0.2, -0.15) is 0 Å². The van der Waals surface area contributed by atoms with Crippen LogP contribution in [0.25, 0.3) is 0 Å². The number of amides is 1. The van der Waals surface area contributed by atoms with Crippen LogP contribution in [0.2, 0.25) is 0 Å². The average molecular weight is 327 g/mol. The lowest BCUT2D eigenvalue weighted by Crippen LogP contribution is -2.40. The molecule has 5 nitrogen and oxygen atoms in total. The van der Waals surface area contributed by atoms with Crippen molar-refractivity contribution in [2.75, 3.05) is 0 Å². The van der Waals surface area contributed by atoms with Gasteiger partial charge >= 0.3 is 0 Å². The molecule has 102 valence electrons. The number of nitro benzene ring substituents is 1. The van der Waals surface area contributed by atoms with E-state index in [1.807, 2.05) is 6.92 Å². The highest BCUT2D eigenvalue weighted by Crippen LogP contribution is 2.30.